The molecule has 5 nitrogen and oxygen atoms in total. The molecule has 0 unspecified atom stereocenters. The van der Waals surface area contributed by atoms with Gasteiger partial charge in [0.25, 0.3) is 0 Å². The van der Waals surface area contributed by atoms with Gasteiger partial charge >= 0.3 is 0 Å². The number of carbonyl (C=O) groups excluding carboxylic acids is 1. The van der Waals surface area contributed by atoms with Crippen molar-refractivity contribution in [2.45, 2.75) is 64.6 Å². The lowest BCUT2D eigenvalue weighted by Gasteiger charge is -2.55. The van der Waals surface area contributed by atoms with Gasteiger partial charge in [0.15, 0.2) is 0 Å². The molecule has 1 aromatic carbocycles. The summed E-state index contributed by atoms with van der Waals surface area (Å²) in [5.74, 6) is 2.18. The molecule has 5 atom stereocenters. The maximum atomic E-state index is 13.1. The van der Waals surface area contributed by atoms with Crippen LogP contribution in [0.3, 0.4) is 0 Å². The van der Waals surface area contributed by atoms with Gasteiger partial charge in [-0.05, 0) is 60.6 Å². The van der Waals surface area contributed by atoms with Crippen molar-refractivity contribution in [3.63, 3.8) is 0 Å². The van der Waals surface area contributed by atoms with E-state index in [1.54, 1.807) is 7.11 Å². The van der Waals surface area contributed by atoms with Crippen LogP contribution < -0.4 is 10.5 Å². The first kappa shape index (κ1) is 20.7. The number of fused-ring (bicyclic) bond motifs is 4. The maximum Gasteiger partial charge on any atom is 0.240 e. The minimum atomic E-state index is -0.421. The number of hydrogen-bond donors (Lipinski definition) is 1. The maximum absolute atomic E-state index is 13.1. The van der Waals surface area contributed by atoms with Crippen LogP contribution in [0.5, 0.6) is 5.75 Å². The van der Waals surface area contributed by atoms with Crippen molar-refractivity contribution in [2.24, 2.45) is 23.0 Å². The van der Waals surface area contributed by atoms with Crippen molar-refractivity contribution < 1.29 is 9.53 Å². The molecule has 1 amide bonds. The zero-order valence-electron chi connectivity index (χ0n) is 18.4. The number of hydrogen-bond acceptors (Lipinski definition) is 4. The van der Waals surface area contributed by atoms with Gasteiger partial charge in [0, 0.05) is 31.7 Å². The highest BCUT2D eigenvalue weighted by molar-refractivity contribution is 5.82. The van der Waals surface area contributed by atoms with Crippen molar-refractivity contribution >= 4 is 5.91 Å². The van der Waals surface area contributed by atoms with Crippen LogP contribution >= 0.6 is 0 Å². The summed E-state index contributed by atoms with van der Waals surface area (Å²) < 4.78 is 5.34. The molecule has 2 bridgehead atoms. The molecular formula is C24H37N3O2. The standard InChI is InChI=1S/C24H37N3O2/c1-24(2,3)22(25)23(28)26-13-16-12-18(15-26)21-7-5-6-20(27(21)14-16)17-8-10-19(29-4)11-9-17/h8-11,16,18,20-22H,5-7,12-15,25H2,1-4H3/t16-,18+,20+,21-,22+/m0/s1. The number of likely N-dealkylation sites (tertiary alicyclic amines) is 1. The topological polar surface area (TPSA) is 58.8 Å². The van der Waals surface area contributed by atoms with E-state index in [0.29, 0.717) is 23.9 Å². The van der Waals surface area contributed by atoms with Crippen molar-refractivity contribution in [2.75, 3.05) is 26.7 Å². The Balaban J connectivity index is 1.50. The zero-order valence-corrected chi connectivity index (χ0v) is 18.4. The van der Waals surface area contributed by atoms with E-state index >= 15 is 0 Å². The van der Waals surface area contributed by atoms with Crippen molar-refractivity contribution in [3.05, 3.63) is 29.8 Å². The summed E-state index contributed by atoms with van der Waals surface area (Å²) in [5, 5.41) is 0. The summed E-state index contributed by atoms with van der Waals surface area (Å²) in [6.45, 7) is 8.99. The smallest absolute Gasteiger partial charge is 0.240 e. The van der Waals surface area contributed by atoms with Crippen LogP contribution in [0.1, 0.15) is 58.1 Å². The van der Waals surface area contributed by atoms with Gasteiger partial charge in [-0.2, -0.15) is 0 Å². The predicted molar refractivity (Wildman–Crippen MR) is 116 cm³/mol. The summed E-state index contributed by atoms with van der Waals surface area (Å²) in [6, 6.07) is 9.27. The number of rotatable bonds is 3. The molecule has 3 aliphatic heterocycles. The van der Waals surface area contributed by atoms with Crippen LogP contribution in [0.15, 0.2) is 24.3 Å². The van der Waals surface area contributed by atoms with Gasteiger partial charge in [0.05, 0.1) is 13.2 Å². The first-order valence-corrected chi connectivity index (χ1v) is 11.2. The fourth-order valence-corrected chi connectivity index (χ4v) is 5.74. The van der Waals surface area contributed by atoms with Crippen molar-refractivity contribution in [3.8, 4) is 5.75 Å². The van der Waals surface area contributed by atoms with Gasteiger partial charge < -0.3 is 15.4 Å². The molecule has 0 radical (unpaired) electrons. The number of ether oxygens (including phenoxy) is 1. The molecule has 3 aliphatic rings. The first-order valence-electron chi connectivity index (χ1n) is 11.2. The lowest BCUT2D eigenvalue weighted by atomic mass is 9.73. The van der Waals surface area contributed by atoms with E-state index in [2.05, 4.69) is 54.8 Å². The van der Waals surface area contributed by atoms with Crippen molar-refractivity contribution in [1.29, 1.82) is 0 Å². The molecular weight excluding hydrogens is 362 g/mol. The third-order valence-electron chi connectivity index (χ3n) is 7.40. The van der Waals surface area contributed by atoms with E-state index in [1.165, 1.54) is 31.2 Å². The molecule has 0 aromatic heterocycles. The molecule has 1 aromatic rings. The predicted octanol–water partition coefficient (Wildman–Crippen LogP) is 3.44. The quantitative estimate of drug-likeness (QED) is 0.846. The Morgan fingerprint density at radius 3 is 2.52 bits per heavy atom. The number of carbonyl (C=O) groups is 1. The number of piperidine rings is 3. The lowest BCUT2D eigenvalue weighted by Crippen LogP contribution is -2.62. The molecule has 0 saturated carbocycles. The second-order valence-electron chi connectivity index (χ2n) is 10.4. The van der Waals surface area contributed by atoms with Crippen molar-refractivity contribution in [1.82, 2.24) is 9.80 Å². The molecule has 160 valence electrons. The molecule has 0 aliphatic carbocycles. The molecule has 5 heteroatoms. The summed E-state index contributed by atoms with van der Waals surface area (Å²) >= 11 is 0. The van der Waals surface area contributed by atoms with Crippen LogP contribution in [0.4, 0.5) is 0 Å². The van der Waals surface area contributed by atoms with Crippen LogP contribution in [0, 0.1) is 17.3 Å². The van der Waals surface area contributed by atoms with E-state index in [9.17, 15) is 4.79 Å². The van der Waals surface area contributed by atoms with Gasteiger partial charge in [-0.3, -0.25) is 9.69 Å². The lowest BCUT2D eigenvalue weighted by molar-refractivity contribution is -0.142. The summed E-state index contributed by atoms with van der Waals surface area (Å²) in [5.41, 5.74) is 7.52. The Labute approximate surface area is 175 Å². The molecule has 3 fully saturated rings. The number of amides is 1. The fourth-order valence-electron chi connectivity index (χ4n) is 5.74. The van der Waals surface area contributed by atoms with E-state index in [4.69, 9.17) is 10.5 Å². The number of methoxy groups -OCH3 is 1. The number of benzene rings is 1. The molecule has 3 saturated heterocycles. The second-order valence-corrected chi connectivity index (χ2v) is 10.4. The zero-order chi connectivity index (χ0) is 20.8. The Hall–Kier alpha value is -1.59. The van der Waals surface area contributed by atoms with Crippen LogP contribution in [-0.2, 0) is 4.79 Å². The van der Waals surface area contributed by atoms with Crippen LogP contribution in [0.2, 0.25) is 0 Å². The van der Waals surface area contributed by atoms with Gasteiger partial charge in [-0.15, -0.1) is 0 Å². The summed E-state index contributed by atoms with van der Waals surface area (Å²) in [6.07, 6.45) is 4.98. The largest absolute Gasteiger partial charge is 0.497 e. The van der Waals surface area contributed by atoms with Gasteiger partial charge in [0.1, 0.15) is 5.75 Å². The Kier molecular flexibility index (Phi) is 5.64. The van der Waals surface area contributed by atoms with Gasteiger partial charge in [-0.1, -0.05) is 32.9 Å². The van der Waals surface area contributed by atoms with E-state index in [-0.39, 0.29) is 11.3 Å². The first-order chi connectivity index (χ1) is 13.8. The normalized spacial score (nSPS) is 31.1. The highest BCUT2D eigenvalue weighted by Crippen LogP contribution is 2.44. The Bertz CT molecular complexity index is 727. The van der Waals surface area contributed by atoms with Gasteiger partial charge in [0.2, 0.25) is 5.91 Å². The minimum Gasteiger partial charge on any atom is -0.497 e. The average molecular weight is 400 g/mol. The monoisotopic (exact) mass is 399 g/mol. The Morgan fingerprint density at radius 2 is 1.86 bits per heavy atom. The highest BCUT2D eigenvalue weighted by Gasteiger charge is 2.46. The second kappa shape index (κ2) is 7.92. The van der Waals surface area contributed by atoms with E-state index in [0.717, 1.165) is 25.4 Å². The van der Waals surface area contributed by atoms with Crippen LogP contribution in [-0.4, -0.2) is 54.5 Å². The SMILES string of the molecule is COc1ccc([C@H]2CCC[C@H]3[C@@H]4C[C@@H](CN(C(=O)[C@@H](N)C(C)(C)C)C4)CN23)cc1. The molecule has 3 heterocycles. The molecule has 0 spiro atoms. The fraction of sp³-hybridized carbons (Fsp3) is 0.708. The van der Waals surface area contributed by atoms with Crippen LogP contribution in [0.25, 0.3) is 0 Å². The number of nitrogens with zero attached hydrogens (tertiary/aromatic N) is 2. The van der Waals surface area contributed by atoms with E-state index < -0.39 is 6.04 Å². The Morgan fingerprint density at radius 1 is 1.14 bits per heavy atom. The third kappa shape index (κ3) is 4.04. The average Bonchev–Trinajstić information content (AvgIpc) is 2.71. The molecule has 2 N–H and O–H groups in total. The summed E-state index contributed by atoms with van der Waals surface area (Å²) in [7, 11) is 1.72. The highest BCUT2D eigenvalue weighted by atomic mass is 16.5. The molecule has 4 rings (SSSR count). The van der Waals surface area contributed by atoms with Gasteiger partial charge in [-0.25, -0.2) is 0 Å². The number of nitrogens with two attached hydrogens (primary N) is 1. The summed E-state index contributed by atoms with van der Waals surface area (Å²) in [4.78, 5) is 17.9. The third-order valence-corrected chi connectivity index (χ3v) is 7.40. The minimum absolute atomic E-state index is 0.142. The van der Waals surface area contributed by atoms with E-state index in [1.807, 2.05) is 0 Å². The molecule has 29 heavy (non-hydrogen) atoms.